The average molecular weight is 248 g/mol. The highest BCUT2D eigenvalue weighted by Crippen LogP contribution is 2.24. The van der Waals surface area contributed by atoms with E-state index in [1.807, 2.05) is 13.0 Å². The van der Waals surface area contributed by atoms with Gasteiger partial charge in [0.2, 0.25) is 0 Å². The SMILES string of the molecule is C=CCC(C)(CC(C)O)OC(=O)c1ccccc1. The highest BCUT2D eigenvalue weighted by molar-refractivity contribution is 5.89. The van der Waals surface area contributed by atoms with Crippen LogP contribution < -0.4 is 0 Å². The molecule has 1 N–H and O–H groups in total. The molecule has 0 fully saturated rings. The van der Waals surface area contributed by atoms with E-state index in [9.17, 15) is 9.90 Å². The van der Waals surface area contributed by atoms with Crippen LogP contribution in [0.2, 0.25) is 0 Å². The molecule has 1 rings (SSSR count). The van der Waals surface area contributed by atoms with E-state index in [-0.39, 0.29) is 5.97 Å². The molecule has 0 aliphatic heterocycles. The second-order valence-electron chi connectivity index (χ2n) is 4.75. The van der Waals surface area contributed by atoms with Crippen LogP contribution >= 0.6 is 0 Å². The summed E-state index contributed by atoms with van der Waals surface area (Å²) in [7, 11) is 0. The lowest BCUT2D eigenvalue weighted by Crippen LogP contribution is -2.34. The maximum Gasteiger partial charge on any atom is 0.338 e. The number of esters is 1. The van der Waals surface area contributed by atoms with Crippen molar-refractivity contribution in [3.8, 4) is 0 Å². The van der Waals surface area contributed by atoms with E-state index in [1.54, 1.807) is 37.3 Å². The largest absolute Gasteiger partial charge is 0.455 e. The van der Waals surface area contributed by atoms with Crippen LogP contribution in [0.3, 0.4) is 0 Å². The van der Waals surface area contributed by atoms with Gasteiger partial charge in [-0.3, -0.25) is 0 Å². The van der Waals surface area contributed by atoms with Gasteiger partial charge >= 0.3 is 5.97 Å². The van der Waals surface area contributed by atoms with Crippen LogP contribution in [-0.4, -0.2) is 22.8 Å². The lowest BCUT2D eigenvalue weighted by molar-refractivity contribution is -0.0291. The number of hydrogen-bond acceptors (Lipinski definition) is 3. The molecule has 0 aromatic heterocycles. The summed E-state index contributed by atoms with van der Waals surface area (Å²) in [6, 6.07) is 8.83. The first-order valence-electron chi connectivity index (χ1n) is 6.04. The molecule has 0 amide bonds. The van der Waals surface area contributed by atoms with Crippen LogP contribution in [0.5, 0.6) is 0 Å². The van der Waals surface area contributed by atoms with Crippen LogP contribution in [0, 0.1) is 0 Å². The van der Waals surface area contributed by atoms with E-state index in [0.29, 0.717) is 18.4 Å². The van der Waals surface area contributed by atoms with E-state index in [4.69, 9.17) is 4.74 Å². The van der Waals surface area contributed by atoms with Gasteiger partial charge in [0.1, 0.15) is 5.60 Å². The standard InChI is InChI=1S/C15H20O3/c1-4-10-15(3,11-12(2)16)18-14(17)13-8-6-5-7-9-13/h4-9,12,16H,1,10-11H2,2-3H3. The first kappa shape index (κ1) is 14.5. The van der Waals surface area contributed by atoms with Crippen molar-refractivity contribution in [2.45, 2.75) is 38.4 Å². The Hall–Kier alpha value is -1.61. The van der Waals surface area contributed by atoms with Crippen LogP contribution in [-0.2, 0) is 4.74 Å². The van der Waals surface area contributed by atoms with Gasteiger partial charge in [0, 0.05) is 12.8 Å². The van der Waals surface area contributed by atoms with E-state index in [1.165, 1.54) is 0 Å². The maximum atomic E-state index is 12.0. The zero-order valence-electron chi connectivity index (χ0n) is 10.9. The summed E-state index contributed by atoms with van der Waals surface area (Å²) < 4.78 is 5.51. The lowest BCUT2D eigenvalue weighted by atomic mass is 9.94. The van der Waals surface area contributed by atoms with Crippen molar-refractivity contribution < 1.29 is 14.6 Å². The average Bonchev–Trinajstić information content (AvgIpc) is 2.28. The van der Waals surface area contributed by atoms with E-state index in [2.05, 4.69) is 6.58 Å². The van der Waals surface area contributed by atoms with Gasteiger partial charge < -0.3 is 9.84 Å². The van der Waals surface area contributed by atoms with Crippen molar-refractivity contribution in [1.82, 2.24) is 0 Å². The summed E-state index contributed by atoms with van der Waals surface area (Å²) in [5.41, 5.74) is -0.207. The summed E-state index contributed by atoms with van der Waals surface area (Å²) in [5.74, 6) is -0.374. The van der Waals surface area contributed by atoms with Gasteiger partial charge in [0.15, 0.2) is 0 Å². The van der Waals surface area contributed by atoms with Gasteiger partial charge in [-0.2, -0.15) is 0 Å². The monoisotopic (exact) mass is 248 g/mol. The van der Waals surface area contributed by atoms with Crippen molar-refractivity contribution in [3.05, 3.63) is 48.6 Å². The van der Waals surface area contributed by atoms with E-state index < -0.39 is 11.7 Å². The number of carbonyl (C=O) groups excluding carboxylic acids is 1. The van der Waals surface area contributed by atoms with Gasteiger partial charge in [-0.25, -0.2) is 4.79 Å². The molecule has 1 aromatic carbocycles. The summed E-state index contributed by atoms with van der Waals surface area (Å²) in [6.07, 6.45) is 2.06. The Labute approximate surface area is 108 Å². The predicted molar refractivity (Wildman–Crippen MR) is 71.4 cm³/mol. The summed E-state index contributed by atoms with van der Waals surface area (Å²) in [5, 5.41) is 9.47. The molecular weight excluding hydrogens is 228 g/mol. The molecule has 0 bridgehead atoms. The number of ether oxygens (including phenoxy) is 1. The fraction of sp³-hybridized carbons (Fsp3) is 0.400. The third-order valence-electron chi connectivity index (χ3n) is 2.65. The zero-order valence-corrected chi connectivity index (χ0v) is 10.9. The van der Waals surface area contributed by atoms with Crippen molar-refractivity contribution in [3.63, 3.8) is 0 Å². The third-order valence-corrected chi connectivity index (χ3v) is 2.65. The van der Waals surface area contributed by atoms with Crippen LogP contribution in [0.25, 0.3) is 0 Å². The Bertz CT molecular complexity index is 397. The summed E-state index contributed by atoms with van der Waals surface area (Å²) in [4.78, 5) is 12.0. The first-order chi connectivity index (χ1) is 8.47. The second-order valence-corrected chi connectivity index (χ2v) is 4.75. The molecule has 0 radical (unpaired) electrons. The summed E-state index contributed by atoms with van der Waals surface area (Å²) >= 11 is 0. The van der Waals surface area contributed by atoms with Crippen LogP contribution in [0.15, 0.2) is 43.0 Å². The molecule has 0 heterocycles. The molecule has 0 aliphatic carbocycles. The number of carbonyl (C=O) groups is 1. The number of hydrogen-bond donors (Lipinski definition) is 1. The van der Waals surface area contributed by atoms with Crippen molar-refractivity contribution >= 4 is 5.97 Å². The van der Waals surface area contributed by atoms with Crippen molar-refractivity contribution in [1.29, 1.82) is 0 Å². The topological polar surface area (TPSA) is 46.5 Å². The Morgan fingerprint density at radius 1 is 1.50 bits per heavy atom. The molecule has 0 saturated heterocycles. The number of aliphatic hydroxyl groups is 1. The van der Waals surface area contributed by atoms with E-state index in [0.717, 1.165) is 0 Å². The highest BCUT2D eigenvalue weighted by atomic mass is 16.6. The van der Waals surface area contributed by atoms with E-state index >= 15 is 0 Å². The molecule has 0 aliphatic rings. The zero-order chi connectivity index (χ0) is 13.6. The summed E-state index contributed by atoms with van der Waals surface area (Å²) in [6.45, 7) is 7.15. The van der Waals surface area contributed by atoms with Crippen LogP contribution in [0.4, 0.5) is 0 Å². The fourth-order valence-corrected chi connectivity index (χ4v) is 1.95. The molecule has 0 spiro atoms. The molecule has 3 heteroatoms. The Morgan fingerprint density at radius 3 is 2.61 bits per heavy atom. The molecule has 0 saturated carbocycles. The molecule has 3 nitrogen and oxygen atoms in total. The Balaban J connectivity index is 2.78. The van der Waals surface area contributed by atoms with Gasteiger partial charge in [0.05, 0.1) is 11.7 Å². The molecule has 18 heavy (non-hydrogen) atoms. The molecule has 2 unspecified atom stereocenters. The first-order valence-corrected chi connectivity index (χ1v) is 6.04. The normalized spacial score (nSPS) is 15.5. The number of aliphatic hydroxyl groups excluding tert-OH is 1. The molecular formula is C15H20O3. The minimum Gasteiger partial charge on any atom is -0.455 e. The molecule has 1 aromatic rings. The number of benzene rings is 1. The van der Waals surface area contributed by atoms with Gasteiger partial charge in [-0.05, 0) is 26.0 Å². The van der Waals surface area contributed by atoms with Gasteiger partial charge in [0.25, 0.3) is 0 Å². The molecule has 98 valence electrons. The quantitative estimate of drug-likeness (QED) is 0.622. The smallest absolute Gasteiger partial charge is 0.338 e. The van der Waals surface area contributed by atoms with Crippen LogP contribution in [0.1, 0.15) is 37.0 Å². The van der Waals surface area contributed by atoms with Crippen molar-refractivity contribution in [2.75, 3.05) is 0 Å². The highest BCUT2D eigenvalue weighted by Gasteiger charge is 2.29. The van der Waals surface area contributed by atoms with Crippen molar-refractivity contribution in [2.24, 2.45) is 0 Å². The second kappa shape index (κ2) is 6.36. The third kappa shape index (κ3) is 4.34. The van der Waals surface area contributed by atoms with Gasteiger partial charge in [-0.1, -0.05) is 24.3 Å². The lowest BCUT2D eigenvalue weighted by Gasteiger charge is -2.29. The minimum atomic E-state index is -0.719. The molecule has 2 atom stereocenters. The fourth-order valence-electron chi connectivity index (χ4n) is 1.95. The Morgan fingerprint density at radius 2 is 2.11 bits per heavy atom. The number of rotatable bonds is 6. The maximum absolute atomic E-state index is 12.0. The predicted octanol–water partition coefficient (Wildman–Crippen LogP) is 2.95. The van der Waals surface area contributed by atoms with Gasteiger partial charge in [-0.15, -0.1) is 6.58 Å². The minimum absolute atomic E-state index is 0.374. The Kier molecular flexibility index (Phi) is 5.10.